The molecule has 1 aliphatic rings. The van der Waals surface area contributed by atoms with Gasteiger partial charge in [-0.25, -0.2) is 9.59 Å². The Kier molecular flexibility index (Phi) is 0.881. The maximum absolute atomic E-state index is 10.3. The van der Waals surface area contributed by atoms with E-state index in [0.29, 0.717) is 0 Å². The normalized spacial score (nSPS) is 30.5. The van der Waals surface area contributed by atoms with Crippen LogP contribution in [-0.4, -0.2) is 25.1 Å². The molecule has 0 spiro atoms. The van der Waals surface area contributed by atoms with Crippen molar-refractivity contribution in [1.29, 1.82) is 0 Å². The summed E-state index contributed by atoms with van der Waals surface area (Å²) < 4.78 is 15.0. The first-order valence-corrected chi connectivity index (χ1v) is 1.98. The van der Waals surface area contributed by atoms with E-state index in [-0.39, 0.29) is 6.61 Å². The smallest absolute Gasteiger partial charge is 0.344 e. The topological polar surface area (TPSA) is 52.6 Å². The van der Waals surface area contributed by atoms with Gasteiger partial charge in [0.1, 0.15) is 0 Å². The van der Waals surface area contributed by atoms with E-state index in [9.17, 15) is 9.59 Å². The van der Waals surface area contributed by atoms with Crippen LogP contribution in [-0.2, 0) is 19.1 Å². The first-order chi connectivity index (χ1) is 4.20. The Hall–Kier alpha value is -1.06. The van der Waals surface area contributed by atoms with Crippen molar-refractivity contribution in [2.45, 2.75) is 0 Å². The van der Waals surface area contributed by atoms with Crippen molar-refractivity contribution in [1.82, 2.24) is 0 Å². The van der Waals surface area contributed by atoms with E-state index >= 15 is 0 Å². The molecule has 8 heavy (non-hydrogen) atoms. The average molecular weight is 117 g/mol. The number of esters is 2. The van der Waals surface area contributed by atoms with Crippen LogP contribution in [0.15, 0.2) is 0 Å². The van der Waals surface area contributed by atoms with Gasteiger partial charge in [0.2, 0.25) is 0 Å². The highest BCUT2D eigenvalue weighted by Crippen LogP contribution is 1.90. The SMILES string of the molecule is [2H]C1OC(=O)COC1=O. The third-order valence-electron chi connectivity index (χ3n) is 0.619. The number of hydrogen-bond donors (Lipinski definition) is 0. The summed E-state index contributed by atoms with van der Waals surface area (Å²) in [6.45, 7) is -1.85. The summed E-state index contributed by atoms with van der Waals surface area (Å²) in [7, 11) is 0. The van der Waals surface area contributed by atoms with Gasteiger partial charge in [0.15, 0.2) is 13.2 Å². The summed E-state index contributed by atoms with van der Waals surface area (Å²) in [6, 6.07) is 0. The lowest BCUT2D eigenvalue weighted by molar-refractivity contribution is -0.174. The predicted molar refractivity (Wildman–Crippen MR) is 21.9 cm³/mol. The number of hydrogen-bond acceptors (Lipinski definition) is 4. The summed E-state index contributed by atoms with van der Waals surface area (Å²) in [5.74, 6) is -1.48. The van der Waals surface area contributed by atoms with Crippen LogP contribution in [0, 0.1) is 0 Å². The Morgan fingerprint density at radius 1 is 1.38 bits per heavy atom. The van der Waals surface area contributed by atoms with Gasteiger partial charge in [-0.2, -0.15) is 0 Å². The molecule has 1 unspecified atom stereocenters. The van der Waals surface area contributed by atoms with E-state index in [1.165, 1.54) is 0 Å². The maximum Gasteiger partial charge on any atom is 0.344 e. The second-order valence-corrected chi connectivity index (χ2v) is 1.22. The number of ether oxygens (including phenoxy) is 2. The van der Waals surface area contributed by atoms with Gasteiger partial charge in [-0.15, -0.1) is 0 Å². The van der Waals surface area contributed by atoms with E-state index in [1.54, 1.807) is 0 Å². The Balaban J connectivity index is 2.54. The molecule has 1 rings (SSSR count). The van der Waals surface area contributed by atoms with Crippen LogP contribution in [0.1, 0.15) is 1.37 Å². The van der Waals surface area contributed by atoms with Gasteiger partial charge in [0.05, 0.1) is 1.37 Å². The third kappa shape index (κ3) is 0.959. The van der Waals surface area contributed by atoms with Crippen LogP contribution in [0.5, 0.6) is 0 Å². The minimum atomic E-state index is -1.48. The fourth-order valence-electron chi connectivity index (χ4n) is 0.312. The zero-order valence-corrected chi connectivity index (χ0v) is 3.92. The molecule has 1 saturated heterocycles. The number of rotatable bonds is 0. The first-order valence-electron chi connectivity index (χ1n) is 2.56. The minimum Gasteiger partial charge on any atom is -0.451 e. The summed E-state index contributed by atoms with van der Waals surface area (Å²) in [4.78, 5) is 20.5. The molecule has 1 heterocycles. The molecule has 1 atom stereocenters. The van der Waals surface area contributed by atoms with Crippen molar-refractivity contribution in [3.05, 3.63) is 0 Å². The molecule has 0 saturated carbocycles. The lowest BCUT2D eigenvalue weighted by atomic mass is 10.6. The van der Waals surface area contributed by atoms with Crippen LogP contribution in [0.2, 0.25) is 0 Å². The quantitative estimate of drug-likeness (QED) is 0.385. The van der Waals surface area contributed by atoms with Crippen molar-refractivity contribution >= 4 is 11.9 Å². The van der Waals surface area contributed by atoms with Crippen molar-refractivity contribution < 1.29 is 20.4 Å². The monoisotopic (exact) mass is 117 g/mol. The fraction of sp³-hybridized carbons (Fsp3) is 0.500. The molecule has 0 radical (unpaired) electrons. The zero-order valence-electron chi connectivity index (χ0n) is 4.92. The molecule has 0 N–H and O–H groups in total. The van der Waals surface area contributed by atoms with Crippen LogP contribution in [0.25, 0.3) is 0 Å². The zero-order chi connectivity index (χ0) is 6.85. The van der Waals surface area contributed by atoms with E-state index in [1.807, 2.05) is 0 Å². The molecule has 0 amide bonds. The standard InChI is InChI=1S/C4H4O4/c5-3-1-7-4(6)2-8-3/h1-2H2/i1D. The van der Waals surface area contributed by atoms with Gasteiger partial charge >= 0.3 is 11.9 Å². The van der Waals surface area contributed by atoms with E-state index in [4.69, 9.17) is 1.37 Å². The third-order valence-corrected chi connectivity index (χ3v) is 0.619. The molecule has 4 heteroatoms. The highest BCUT2D eigenvalue weighted by Gasteiger charge is 2.16. The van der Waals surface area contributed by atoms with Crippen LogP contribution in [0.3, 0.4) is 0 Å². The Morgan fingerprint density at radius 3 is 2.62 bits per heavy atom. The summed E-state index contributed by atoms with van der Waals surface area (Å²) in [6.07, 6.45) is 0. The van der Waals surface area contributed by atoms with Crippen molar-refractivity contribution in [3.63, 3.8) is 0 Å². The minimum absolute atomic E-state index is 0.367. The predicted octanol–water partition coefficient (Wildman–Crippen LogP) is -0.914. The number of carbonyl (C=O) groups excluding carboxylic acids is 2. The van der Waals surface area contributed by atoms with Gasteiger partial charge in [0, 0.05) is 0 Å². The summed E-state index contributed by atoms with van der Waals surface area (Å²) >= 11 is 0. The molecule has 0 aromatic heterocycles. The fourth-order valence-corrected chi connectivity index (χ4v) is 0.312. The number of cyclic esters (lactones) is 2. The van der Waals surface area contributed by atoms with E-state index < -0.39 is 18.5 Å². The van der Waals surface area contributed by atoms with Gasteiger partial charge in [-0.3, -0.25) is 0 Å². The Morgan fingerprint density at radius 2 is 2.12 bits per heavy atom. The molecule has 1 fully saturated rings. The van der Waals surface area contributed by atoms with Crippen molar-refractivity contribution in [2.75, 3.05) is 13.2 Å². The lowest BCUT2D eigenvalue weighted by Gasteiger charge is -2.09. The van der Waals surface area contributed by atoms with Gasteiger partial charge in [0.25, 0.3) is 0 Å². The highest BCUT2D eigenvalue weighted by molar-refractivity contribution is 5.82. The second kappa shape index (κ2) is 1.81. The largest absolute Gasteiger partial charge is 0.451 e. The van der Waals surface area contributed by atoms with Crippen molar-refractivity contribution in [3.8, 4) is 0 Å². The molecular weight excluding hydrogens is 112 g/mol. The molecule has 44 valence electrons. The molecular formula is C4H4O4. The van der Waals surface area contributed by atoms with E-state index in [0.717, 1.165) is 0 Å². The maximum atomic E-state index is 10.3. The Labute approximate surface area is 46.8 Å². The van der Waals surface area contributed by atoms with Crippen LogP contribution in [0.4, 0.5) is 0 Å². The van der Waals surface area contributed by atoms with Crippen LogP contribution >= 0.6 is 0 Å². The summed E-state index contributed by atoms with van der Waals surface area (Å²) in [5, 5.41) is 0. The van der Waals surface area contributed by atoms with Gasteiger partial charge in [-0.1, -0.05) is 0 Å². The van der Waals surface area contributed by atoms with Gasteiger partial charge < -0.3 is 9.47 Å². The number of carbonyl (C=O) groups is 2. The van der Waals surface area contributed by atoms with E-state index in [2.05, 4.69) is 9.47 Å². The van der Waals surface area contributed by atoms with Crippen LogP contribution < -0.4 is 0 Å². The second-order valence-electron chi connectivity index (χ2n) is 1.22. The van der Waals surface area contributed by atoms with Gasteiger partial charge in [-0.05, 0) is 0 Å². The average Bonchev–Trinajstić information content (AvgIpc) is 1.80. The van der Waals surface area contributed by atoms with Crippen molar-refractivity contribution in [2.24, 2.45) is 0 Å². The molecule has 0 aliphatic carbocycles. The molecule has 0 aromatic carbocycles. The highest BCUT2D eigenvalue weighted by atomic mass is 16.6. The molecule has 4 nitrogen and oxygen atoms in total. The lowest BCUT2D eigenvalue weighted by Crippen LogP contribution is -2.27. The molecule has 0 bridgehead atoms. The Bertz CT molecular complexity index is 155. The first kappa shape index (κ1) is 3.88. The molecule has 1 aliphatic heterocycles. The molecule has 0 aromatic rings. The summed E-state index contributed by atoms with van der Waals surface area (Å²) in [5.41, 5.74) is 0.